The molecule has 1 aromatic rings. The first-order valence-corrected chi connectivity index (χ1v) is 7.87. The fraction of sp³-hybridized carbons (Fsp3) is 0.667. The van der Waals surface area contributed by atoms with Crippen molar-refractivity contribution in [3.63, 3.8) is 0 Å². The largest absolute Gasteiger partial charge is 0.357 e. The number of sulfonamides is 1. The van der Waals surface area contributed by atoms with Crippen LogP contribution in [0.5, 0.6) is 0 Å². The molecule has 1 N–H and O–H groups in total. The maximum atomic E-state index is 12.5. The Morgan fingerprint density at radius 1 is 1.21 bits per heavy atom. The summed E-state index contributed by atoms with van der Waals surface area (Å²) in [6.07, 6.45) is 3.79. The van der Waals surface area contributed by atoms with E-state index in [0.29, 0.717) is 30.9 Å². The molecule has 2 unspecified atom stereocenters. The molecule has 0 saturated carbocycles. The third kappa shape index (κ3) is 3.03. The Bertz CT molecular complexity index is 519. The van der Waals surface area contributed by atoms with Gasteiger partial charge in [0.15, 0.2) is 0 Å². The van der Waals surface area contributed by atoms with Crippen molar-refractivity contribution in [1.82, 2.24) is 14.3 Å². The van der Waals surface area contributed by atoms with Crippen LogP contribution < -0.4 is 5.32 Å². The fourth-order valence-corrected chi connectivity index (χ4v) is 4.10. The van der Waals surface area contributed by atoms with Crippen molar-refractivity contribution in [2.75, 3.05) is 25.5 Å². The molecule has 2 rings (SSSR count). The van der Waals surface area contributed by atoms with Gasteiger partial charge in [-0.3, -0.25) is 0 Å². The van der Waals surface area contributed by atoms with Crippen LogP contribution in [0.4, 0.5) is 5.95 Å². The van der Waals surface area contributed by atoms with Crippen LogP contribution in [0.1, 0.15) is 20.3 Å². The van der Waals surface area contributed by atoms with Gasteiger partial charge in [0, 0.05) is 20.1 Å². The smallest absolute Gasteiger partial charge is 0.246 e. The van der Waals surface area contributed by atoms with Gasteiger partial charge in [-0.2, -0.15) is 4.31 Å². The van der Waals surface area contributed by atoms with Crippen molar-refractivity contribution >= 4 is 16.0 Å². The lowest BCUT2D eigenvalue weighted by Crippen LogP contribution is -2.42. The Morgan fingerprint density at radius 3 is 2.21 bits per heavy atom. The summed E-state index contributed by atoms with van der Waals surface area (Å²) in [5, 5.41) is 2.77. The molecule has 0 radical (unpaired) electrons. The summed E-state index contributed by atoms with van der Waals surface area (Å²) in [6, 6.07) is 0. The van der Waals surface area contributed by atoms with E-state index in [-0.39, 0.29) is 4.90 Å². The van der Waals surface area contributed by atoms with Gasteiger partial charge in [0.2, 0.25) is 16.0 Å². The van der Waals surface area contributed by atoms with E-state index in [9.17, 15) is 8.42 Å². The SMILES string of the molecule is CNc1ncc(S(=O)(=O)N2CC(C)CC(C)C2)cn1. The second-order valence-electron chi connectivity index (χ2n) is 5.26. The molecule has 2 heterocycles. The molecule has 1 aliphatic rings. The van der Waals surface area contributed by atoms with E-state index in [1.165, 1.54) is 12.4 Å². The number of aromatic nitrogens is 2. The lowest BCUT2D eigenvalue weighted by molar-refractivity contribution is 0.222. The van der Waals surface area contributed by atoms with Gasteiger partial charge in [-0.05, 0) is 18.3 Å². The molecule has 0 amide bonds. The summed E-state index contributed by atoms with van der Waals surface area (Å²) >= 11 is 0. The number of hydrogen-bond donors (Lipinski definition) is 1. The van der Waals surface area contributed by atoms with Crippen molar-refractivity contribution in [2.24, 2.45) is 11.8 Å². The maximum absolute atomic E-state index is 12.5. The van der Waals surface area contributed by atoms with Crippen LogP contribution in [0, 0.1) is 11.8 Å². The normalized spacial score (nSPS) is 25.2. The van der Waals surface area contributed by atoms with E-state index in [4.69, 9.17) is 0 Å². The van der Waals surface area contributed by atoms with E-state index in [1.54, 1.807) is 11.4 Å². The minimum absolute atomic E-state index is 0.160. The molecule has 0 aliphatic carbocycles. The van der Waals surface area contributed by atoms with Crippen molar-refractivity contribution in [1.29, 1.82) is 0 Å². The van der Waals surface area contributed by atoms with Crippen LogP contribution in [0.15, 0.2) is 17.3 Å². The number of hydrogen-bond acceptors (Lipinski definition) is 5. The van der Waals surface area contributed by atoms with Crippen molar-refractivity contribution in [3.8, 4) is 0 Å². The number of nitrogens with one attached hydrogen (secondary N) is 1. The van der Waals surface area contributed by atoms with Gasteiger partial charge in [-0.15, -0.1) is 0 Å². The van der Waals surface area contributed by atoms with Gasteiger partial charge < -0.3 is 5.32 Å². The Morgan fingerprint density at radius 2 is 1.74 bits per heavy atom. The lowest BCUT2D eigenvalue weighted by atomic mass is 9.94. The van der Waals surface area contributed by atoms with Gasteiger partial charge in [0.05, 0.1) is 12.4 Å². The highest BCUT2D eigenvalue weighted by Gasteiger charge is 2.32. The average Bonchev–Trinajstić information content (AvgIpc) is 2.37. The average molecular weight is 284 g/mol. The molecule has 2 atom stereocenters. The molecule has 1 aromatic heterocycles. The zero-order valence-electron chi connectivity index (χ0n) is 11.5. The summed E-state index contributed by atoms with van der Waals surface area (Å²) in [4.78, 5) is 8.10. The second kappa shape index (κ2) is 5.42. The molecular weight excluding hydrogens is 264 g/mol. The van der Waals surface area contributed by atoms with Gasteiger partial charge in [0.25, 0.3) is 0 Å². The molecule has 1 fully saturated rings. The first-order valence-electron chi connectivity index (χ1n) is 6.43. The first kappa shape index (κ1) is 14.2. The van der Waals surface area contributed by atoms with Crippen molar-refractivity contribution in [3.05, 3.63) is 12.4 Å². The predicted molar refractivity (Wildman–Crippen MR) is 73.3 cm³/mol. The Labute approximate surface area is 114 Å². The second-order valence-corrected chi connectivity index (χ2v) is 7.20. The molecular formula is C12H20N4O2S. The van der Waals surface area contributed by atoms with Crippen LogP contribution in [-0.4, -0.2) is 42.8 Å². The zero-order chi connectivity index (χ0) is 14.0. The van der Waals surface area contributed by atoms with E-state index in [0.717, 1.165) is 6.42 Å². The van der Waals surface area contributed by atoms with Crippen molar-refractivity contribution in [2.45, 2.75) is 25.2 Å². The van der Waals surface area contributed by atoms with Crippen molar-refractivity contribution < 1.29 is 8.42 Å². The van der Waals surface area contributed by atoms with E-state index in [1.807, 2.05) is 0 Å². The molecule has 7 heteroatoms. The summed E-state index contributed by atoms with van der Waals surface area (Å²) in [5.41, 5.74) is 0. The monoisotopic (exact) mass is 284 g/mol. The van der Waals surface area contributed by atoms with Gasteiger partial charge in [-0.25, -0.2) is 18.4 Å². The first-order chi connectivity index (χ1) is 8.93. The molecule has 106 valence electrons. The van der Waals surface area contributed by atoms with Crippen LogP contribution in [0.25, 0.3) is 0 Å². The summed E-state index contributed by atoms with van der Waals surface area (Å²) < 4.78 is 26.6. The van der Waals surface area contributed by atoms with Gasteiger partial charge in [0.1, 0.15) is 4.90 Å². The van der Waals surface area contributed by atoms with Crippen LogP contribution >= 0.6 is 0 Å². The lowest BCUT2D eigenvalue weighted by Gasteiger charge is -2.33. The van der Waals surface area contributed by atoms with Gasteiger partial charge >= 0.3 is 0 Å². The molecule has 6 nitrogen and oxygen atoms in total. The summed E-state index contributed by atoms with van der Waals surface area (Å²) in [6.45, 7) is 5.30. The number of piperidine rings is 1. The standard InChI is InChI=1S/C12H20N4O2S/c1-9-4-10(2)8-16(7-9)19(17,18)11-5-14-12(13-3)15-6-11/h5-6,9-10H,4,7-8H2,1-3H3,(H,13,14,15). The number of anilines is 1. The van der Waals surface area contributed by atoms with E-state index >= 15 is 0 Å². The molecule has 19 heavy (non-hydrogen) atoms. The highest BCUT2D eigenvalue weighted by molar-refractivity contribution is 7.89. The van der Waals surface area contributed by atoms with E-state index < -0.39 is 10.0 Å². The molecule has 1 saturated heterocycles. The summed E-state index contributed by atoms with van der Waals surface area (Å²) in [5.74, 6) is 1.19. The predicted octanol–water partition coefficient (Wildman–Crippen LogP) is 1.18. The van der Waals surface area contributed by atoms with Crippen LogP contribution in [-0.2, 0) is 10.0 Å². The summed E-state index contributed by atoms with van der Waals surface area (Å²) in [7, 11) is -1.78. The minimum atomic E-state index is -3.47. The Balaban J connectivity index is 2.25. The Hall–Kier alpha value is -1.21. The Kier molecular flexibility index (Phi) is 4.05. The molecule has 0 aromatic carbocycles. The number of nitrogens with zero attached hydrogens (tertiary/aromatic N) is 3. The topological polar surface area (TPSA) is 75.2 Å². The van der Waals surface area contributed by atoms with Gasteiger partial charge in [-0.1, -0.05) is 13.8 Å². The minimum Gasteiger partial charge on any atom is -0.357 e. The highest BCUT2D eigenvalue weighted by Crippen LogP contribution is 2.26. The van der Waals surface area contributed by atoms with E-state index in [2.05, 4.69) is 29.1 Å². The zero-order valence-corrected chi connectivity index (χ0v) is 12.3. The fourth-order valence-electron chi connectivity index (χ4n) is 2.53. The highest BCUT2D eigenvalue weighted by atomic mass is 32.2. The number of rotatable bonds is 3. The molecule has 0 bridgehead atoms. The van der Waals surface area contributed by atoms with Crippen LogP contribution in [0.2, 0.25) is 0 Å². The molecule has 0 spiro atoms. The molecule has 1 aliphatic heterocycles. The quantitative estimate of drug-likeness (QED) is 0.902. The maximum Gasteiger partial charge on any atom is 0.246 e. The third-order valence-electron chi connectivity index (χ3n) is 3.32. The third-order valence-corrected chi connectivity index (χ3v) is 5.11. The van der Waals surface area contributed by atoms with Crippen LogP contribution in [0.3, 0.4) is 0 Å².